The van der Waals surface area contributed by atoms with E-state index in [1.165, 1.54) is 6.33 Å². The summed E-state index contributed by atoms with van der Waals surface area (Å²) in [6.07, 6.45) is 2.30. The second-order valence-corrected chi connectivity index (χ2v) is 6.42. The lowest BCUT2D eigenvalue weighted by molar-refractivity contribution is 0.101. The molecule has 0 bridgehead atoms. The van der Waals surface area contributed by atoms with E-state index in [-0.39, 0.29) is 5.78 Å². The molecule has 0 atom stereocenters. The van der Waals surface area contributed by atoms with Crippen LogP contribution in [0.15, 0.2) is 54.9 Å². The first-order valence-electron chi connectivity index (χ1n) is 9.24. The molecule has 0 aliphatic rings. The van der Waals surface area contributed by atoms with Crippen molar-refractivity contribution in [2.75, 3.05) is 31.4 Å². The maximum absolute atomic E-state index is 11.5. The lowest BCUT2D eigenvalue weighted by Crippen LogP contribution is -2.07. The largest absolute Gasteiger partial charge is 0.493 e. The van der Waals surface area contributed by atoms with E-state index in [9.17, 15) is 4.79 Å². The molecule has 0 aliphatic heterocycles. The number of ether oxygens (including phenoxy) is 2. The Kier molecular flexibility index (Phi) is 6.63. The molecule has 150 valence electrons. The third kappa shape index (κ3) is 5.44. The van der Waals surface area contributed by atoms with Crippen LogP contribution in [0.2, 0.25) is 0 Å². The number of carbonyl (C=O) groups is 1. The maximum Gasteiger partial charge on any atom is 0.160 e. The molecule has 3 rings (SSSR count). The van der Waals surface area contributed by atoms with Gasteiger partial charge < -0.3 is 20.1 Å². The first kappa shape index (κ1) is 20.1. The first-order valence-corrected chi connectivity index (χ1v) is 9.24. The SMILES string of the molecule is COc1ccc(CCNc2cc(Nc3cccc(C(C)=O)c3)ncn2)cc1OC. The van der Waals surface area contributed by atoms with Crippen LogP contribution in [0, 0.1) is 0 Å². The summed E-state index contributed by atoms with van der Waals surface area (Å²) in [7, 11) is 3.25. The van der Waals surface area contributed by atoms with Crippen LogP contribution in [0.25, 0.3) is 0 Å². The van der Waals surface area contributed by atoms with E-state index >= 15 is 0 Å². The topological polar surface area (TPSA) is 85.4 Å². The summed E-state index contributed by atoms with van der Waals surface area (Å²) >= 11 is 0. The van der Waals surface area contributed by atoms with Crippen molar-refractivity contribution in [1.29, 1.82) is 0 Å². The molecular formula is C22H24N4O3. The van der Waals surface area contributed by atoms with Crippen LogP contribution in [0.1, 0.15) is 22.8 Å². The highest BCUT2D eigenvalue weighted by molar-refractivity contribution is 5.95. The maximum atomic E-state index is 11.5. The number of hydrogen-bond donors (Lipinski definition) is 2. The Hall–Kier alpha value is -3.61. The lowest BCUT2D eigenvalue weighted by Gasteiger charge is -2.11. The third-order valence-electron chi connectivity index (χ3n) is 4.38. The van der Waals surface area contributed by atoms with Gasteiger partial charge >= 0.3 is 0 Å². The van der Waals surface area contributed by atoms with Gasteiger partial charge in [0, 0.05) is 23.9 Å². The van der Waals surface area contributed by atoms with Crippen LogP contribution in [-0.2, 0) is 6.42 Å². The van der Waals surface area contributed by atoms with Crippen molar-refractivity contribution >= 4 is 23.1 Å². The Bertz CT molecular complexity index is 991. The molecule has 2 N–H and O–H groups in total. The van der Waals surface area contributed by atoms with E-state index in [1.54, 1.807) is 33.3 Å². The quantitative estimate of drug-likeness (QED) is 0.530. The molecule has 7 heteroatoms. The molecule has 0 saturated heterocycles. The number of aromatic nitrogens is 2. The fourth-order valence-electron chi connectivity index (χ4n) is 2.86. The number of hydrogen-bond acceptors (Lipinski definition) is 7. The molecule has 29 heavy (non-hydrogen) atoms. The minimum atomic E-state index is 0.0221. The number of rotatable bonds is 9. The minimum absolute atomic E-state index is 0.0221. The Morgan fingerprint density at radius 1 is 0.966 bits per heavy atom. The zero-order chi connectivity index (χ0) is 20.6. The Morgan fingerprint density at radius 2 is 1.76 bits per heavy atom. The van der Waals surface area contributed by atoms with Gasteiger partial charge in [0.15, 0.2) is 17.3 Å². The van der Waals surface area contributed by atoms with Crippen molar-refractivity contribution < 1.29 is 14.3 Å². The summed E-state index contributed by atoms with van der Waals surface area (Å²) < 4.78 is 10.6. The van der Waals surface area contributed by atoms with Gasteiger partial charge in [0.25, 0.3) is 0 Å². The summed E-state index contributed by atoms with van der Waals surface area (Å²) in [5.74, 6) is 2.81. The summed E-state index contributed by atoms with van der Waals surface area (Å²) in [5, 5.41) is 6.50. The average molecular weight is 392 g/mol. The van der Waals surface area contributed by atoms with Crippen molar-refractivity contribution in [3.05, 3.63) is 66.0 Å². The number of ketones is 1. The van der Waals surface area contributed by atoms with Crippen LogP contribution in [0.5, 0.6) is 11.5 Å². The fraction of sp³-hybridized carbons (Fsp3) is 0.227. The molecule has 0 radical (unpaired) electrons. The van der Waals surface area contributed by atoms with Gasteiger partial charge in [0.05, 0.1) is 14.2 Å². The fourth-order valence-corrected chi connectivity index (χ4v) is 2.86. The Morgan fingerprint density at radius 3 is 2.52 bits per heavy atom. The Balaban J connectivity index is 1.60. The van der Waals surface area contributed by atoms with Gasteiger partial charge in [-0.1, -0.05) is 18.2 Å². The van der Waals surface area contributed by atoms with Gasteiger partial charge in [-0.2, -0.15) is 0 Å². The van der Waals surface area contributed by atoms with E-state index in [2.05, 4.69) is 20.6 Å². The molecule has 3 aromatic rings. The van der Waals surface area contributed by atoms with E-state index in [4.69, 9.17) is 9.47 Å². The molecular weight excluding hydrogens is 368 g/mol. The smallest absolute Gasteiger partial charge is 0.160 e. The molecule has 0 unspecified atom stereocenters. The predicted octanol–water partition coefficient (Wildman–Crippen LogP) is 4.09. The molecule has 0 amide bonds. The van der Waals surface area contributed by atoms with Gasteiger partial charge in [-0.15, -0.1) is 0 Å². The van der Waals surface area contributed by atoms with Crippen LogP contribution in [0.3, 0.4) is 0 Å². The van der Waals surface area contributed by atoms with E-state index < -0.39 is 0 Å². The minimum Gasteiger partial charge on any atom is -0.493 e. The van der Waals surface area contributed by atoms with Crippen LogP contribution >= 0.6 is 0 Å². The van der Waals surface area contributed by atoms with Crippen molar-refractivity contribution in [2.45, 2.75) is 13.3 Å². The van der Waals surface area contributed by atoms with Gasteiger partial charge in [-0.05, 0) is 43.2 Å². The normalized spacial score (nSPS) is 10.3. The second-order valence-electron chi connectivity index (χ2n) is 6.42. The van der Waals surface area contributed by atoms with E-state index in [0.717, 1.165) is 17.7 Å². The summed E-state index contributed by atoms with van der Waals surface area (Å²) in [5.41, 5.74) is 2.58. The molecule has 0 saturated carbocycles. The number of methoxy groups -OCH3 is 2. The van der Waals surface area contributed by atoms with Crippen molar-refractivity contribution in [3.8, 4) is 11.5 Å². The van der Waals surface area contributed by atoms with Crippen molar-refractivity contribution in [3.63, 3.8) is 0 Å². The highest BCUT2D eigenvalue weighted by Crippen LogP contribution is 2.27. The van der Waals surface area contributed by atoms with E-state index in [1.807, 2.05) is 36.4 Å². The molecule has 1 heterocycles. The first-order chi connectivity index (χ1) is 14.1. The molecule has 0 fully saturated rings. The summed E-state index contributed by atoms with van der Waals surface area (Å²) in [6.45, 7) is 2.25. The number of benzene rings is 2. The standard InChI is InChI=1S/C22H24N4O3/c1-15(27)17-5-4-6-18(12-17)26-22-13-21(24-14-25-22)23-10-9-16-7-8-19(28-2)20(11-16)29-3/h4-8,11-14H,9-10H2,1-3H3,(H2,23,24,25,26). The number of anilines is 3. The molecule has 0 aliphatic carbocycles. The predicted molar refractivity (Wildman–Crippen MR) is 114 cm³/mol. The number of carbonyl (C=O) groups excluding carboxylic acids is 1. The van der Waals surface area contributed by atoms with Crippen LogP contribution < -0.4 is 20.1 Å². The number of nitrogens with one attached hydrogen (secondary N) is 2. The molecule has 2 aromatic carbocycles. The van der Waals surface area contributed by atoms with Crippen LogP contribution in [-0.4, -0.2) is 36.5 Å². The van der Waals surface area contributed by atoms with Crippen molar-refractivity contribution in [2.24, 2.45) is 0 Å². The van der Waals surface area contributed by atoms with E-state index in [0.29, 0.717) is 35.2 Å². The molecule has 0 spiro atoms. The number of nitrogens with zero attached hydrogens (tertiary/aromatic N) is 2. The average Bonchev–Trinajstić information content (AvgIpc) is 2.74. The second kappa shape index (κ2) is 9.54. The Labute approximate surface area is 170 Å². The lowest BCUT2D eigenvalue weighted by atomic mass is 10.1. The molecule has 1 aromatic heterocycles. The third-order valence-corrected chi connectivity index (χ3v) is 4.38. The summed E-state index contributed by atoms with van der Waals surface area (Å²) in [6, 6.07) is 15.0. The highest BCUT2D eigenvalue weighted by Gasteiger charge is 2.06. The van der Waals surface area contributed by atoms with Gasteiger partial charge in [0.1, 0.15) is 18.0 Å². The molecule has 7 nitrogen and oxygen atoms in total. The van der Waals surface area contributed by atoms with Gasteiger partial charge in [-0.25, -0.2) is 9.97 Å². The zero-order valence-electron chi connectivity index (χ0n) is 16.7. The monoisotopic (exact) mass is 392 g/mol. The van der Waals surface area contributed by atoms with Gasteiger partial charge in [0.2, 0.25) is 0 Å². The van der Waals surface area contributed by atoms with Crippen molar-refractivity contribution in [1.82, 2.24) is 9.97 Å². The van der Waals surface area contributed by atoms with Crippen LogP contribution in [0.4, 0.5) is 17.3 Å². The zero-order valence-corrected chi connectivity index (χ0v) is 16.7. The number of Topliss-reactive ketones (excluding diaryl/α,β-unsaturated/α-hetero) is 1. The summed E-state index contributed by atoms with van der Waals surface area (Å²) in [4.78, 5) is 20.0. The highest BCUT2D eigenvalue weighted by atomic mass is 16.5. The van der Waals surface area contributed by atoms with Gasteiger partial charge in [-0.3, -0.25) is 4.79 Å².